The lowest BCUT2D eigenvalue weighted by Crippen LogP contribution is -2.36. The van der Waals surface area contributed by atoms with E-state index in [0.717, 1.165) is 12.8 Å². The summed E-state index contributed by atoms with van der Waals surface area (Å²) in [6.07, 6.45) is 4.01. The van der Waals surface area contributed by atoms with E-state index in [9.17, 15) is 14.7 Å². The first kappa shape index (κ1) is 17.4. The van der Waals surface area contributed by atoms with Crippen LogP contribution in [0.15, 0.2) is 35.3 Å². The Balaban J connectivity index is 1.69. The number of carbonyl (C=O) groups is 1. The maximum Gasteiger partial charge on any atom is 0.311 e. The zero-order valence-corrected chi connectivity index (χ0v) is 15.4. The van der Waals surface area contributed by atoms with E-state index in [2.05, 4.69) is 5.10 Å². The molecule has 1 aromatic carbocycles. The molecule has 2 fully saturated rings. The van der Waals surface area contributed by atoms with E-state index in [-0.39, 0.29) is 10.9 Å². The third-order valence-corrected chi connectivity index (χ3v) is 6.22. The summed E-state index contributed by atoms with van der Waals surface area (Å²) in [5.74, 6) is -0.684. The van der Waals surface area contributed by atoms with Gasteiger partial charge in [-0.05, 0) is 43.0 Å². The lowest BCUT2D eigenvalue weighted by Gasteiger charge is -2.24. The van der Waals surface area contributed by atoms with Crippen molar-refractivity contribution in [3.8, 4) is 5.69 Å². The van der Waals surface area contributed by atoms with Gasteiger partial charge in [-0.3, -0.25) is 9.59 Å². The molecular formula is C18H17Cl2N3O3. The second-order valence-electron chi connectivity index (χ2n) is 6.97. The smallest absolute Gasteiger partial charge is 0.311 e. The van der Waals surface area contributed by atoms with Crippen molar-refractivity contribution in [2.45, 2.75) is 19.3 Å². The van der Waals surface area contributed by atoms with Crippen molar-refractivity contribution < 1.29 is 9.90 Å². The number of aliphatic carboxylic acids is 1. The molecule has 1 N–H and O–H groups in total. The highest BCUT2D eigenvalue weighted by Gasteiger charge is 2.55. The first-order valence-corrected chi connectivity index (χ1v) is 9.20. The molecule has 1 aliphatic carbocycles. The van der Waals surface area contributed by atoms with E-state index in [0.29, 0.717) is 35.9 Å². The number of fused-ring (bicyclic) bond motifs is 1. The monoisotopic (exact) mass is 393 g/mol. The average Bonchev–Trinajstić information content (AvgIpc) is 3.16. The molecular weight excluding hydrogens is 377 g/mol. The molecule has 1 aromatic heterocycles. The average molecular weight is 394 g/mol. The number of anilines is 1. The van der Waals surface area contributed by atoms with Crippen LogP contribution in [0.4, 0.5) is 5.69 Å². The van der Waals surface area contributed by atoms with Crippen LogP contribution in [0.5, 0.6) is 0 Å². The molecule has 136 valence electrons. The minimum Gasteiger partial charge on any atom is -0.481 e. The van der Waals surface area contributed by atoms with Crippen molar-refractivity contribution in [3.05, 3.63) is 50.9 Å². The Morgan fingerprint density at radius 2 is 2.00 bits per heavy atom. The van der Waals surface area contributed by atoms with E-state index in [4.69, 9.17) is 23.2 Å². The minimum atomic E-state index is -0.763. The number of nitrogens with zero attached hydrogens (tertiary/aromatic N) is 3. The van der Waals surface area contributed by atoms with Gasteiger partial charge in [0.1, 0.15) is 5.02 Å². The van der Waals surface area contributed by atoms with Gasteiger partial charge in [-0.1, -0.05) is 29.6 Å². The molecule has 4 rings (SSSR count). The minimum absolute atomic E-state index is 0.0514. The lowest BCUT2D eigenvalue weighted by molar-refractivity contribution is -0.149. The van der Waals surface area contributed by atoms with E-state index in [1.807, 2.05) is 4.90 Å². The van der Waals surface area contributed by atoms with Gasteiger partial charge in [0, 0.05) is 18.1 Å². The van der Waals surface area contributed by atoms with Gasteiger partial charge in [-0.2, -0.15) is 9.78 Å². The molecule has 2 aliphatic rings. The number of hydrogen-bond acceptors (Lipinski definition) is 4. The highest BCUT2D eigenvalue weighted by molar-refractivity contribution is 6.33. The Bertz CT molecular complexity index is 928. The SMILES string of the molecule is O=C(O)[C@@]12CCC[C@H]1CN(c1cnn(-c3ccc(Cl)cc3)c(=O)c1Cl)C2. The zero-order valence-electron chi connectivity index (χ0n) is 13.9. The van der Waals surface area contributed by atoms with Gasteiger partial charge in [0.05, 0.1) is 23.0 Å². The molecule has 26 heavy (non-hydrogen) atoms. The first-order valence-electron chi connectivity index (χ1n) is 8.44. The second-order valence-corrected chi connectivity index (χ2v) is 7.78. The standard InChI is InChI=1S/C18H17Cl2N3O3/c19-12-3-5-13(6-4-12)23-16(24)15(20)14(8-21-23)22-9-11-2-1-7-18(11,10-22)17(25)26/h3-6,8,11H,1-2,7,9-10H2,(H,25,26)/t11-,18+/m0/s1. The molecule has 0 spiro atoms. The maximum atomic E-state index is 12.7. The summed E-state index contributed by atoms with van der Waals surface area (Å²) in [4.78, 5) is 26.4. The fourth-order valence-electron chi connectivity index (χ4n) is 4.23. The van der Waals surface area contributed by atoms with Gasteiger partial charge in [0.2, 0.25) is 0 Å². The summed E-state index contributed by atoms with van der Waals surface area (Å²) in [6.45, 7) is 0.941. The van der Waals surface area contributed by atoms with Gasteiger partial charge >= 0.3 is 5.97 Å². The zero-order chi connectivity index (χ0) is 18.5. The third kappa shape index (κ3) is 2.59. The fourth-order valence-corrected chi connectivity index (χ4v) is 4.61. The number of carboxylic acid groups (broad SMARTS) is 1. The van der Waals surface area contributed by atoms with Crippen molar-refractivity contribution >= 4 is 34.9 Å². The molecule has 1 saturated carbocycles. The molecule has 0 amide bonds. The summed E-state index contributed by atoms with van der Waals surface area (Å²) in [7, 11) is 0. The predicted octanol–water partition coefficient (Wildman–Crippen LogP) is 3.23. The van der Waals surface area contributed by atoms with E-state index >= 15 is 0 Å². The molecule has 1 aliphatic heterocycles. The number of benzene rings is 1. The highest BCUT2D eigenvalue weighted by Crippen LogP contribution is 2.50. The normalized spacial score (nSPS) is 24.7. The fraction of sp³-hybridized carbons (Fsp3) is 0.389. The number of halogens is 2. The number of carboxylic acids is 1. The summed E-state index contributed by atoms with van der Waals surface area (Å²) in [5.41, 5.74) is -0.119. The largest absolute Gasteiger partial charge is 0.481 e. The van der Waals surface area contributed by atoms with E-state index < -0.39 is 16.9 Å². The van der Waals surface area contributed by atoms with Crippen LogP contribution in [0.3, 0.4) is 0 Å². The van der Waals surface area contributed by atoms with Crippen LogP contribution in [0, 0.1) is 11.3 Å². The molecule has 2 atom stereocenters. The predicted molar refractivity (Wildman–Crippen MR) is 99.5 cm³/mol. The van der Waals surface area contributed by atoms with Gasteiger partial charge in [-0.25, -0.2) is 0 Å². The number of aromatic nitrogens is 2. The number of hydrogen-bond donors (Lipinski definition) is 1. The van der Waals surface area contributed by atoms with Crippen LogP contribution < -0.4 is 10.5 Å². The Labute approximate surface area is 159 Å². The van der Waals surface area contributed by atoms with Crippen LogP contribution in [-0.2, 0) is 4.79 Å². The van der Waals surface area contributed by atoms with E-state index in [1.54, 1.807) is 24.3 Å². The molecule has 6 nitrogen and oxygen atoms in total. The summed E-state index contributed by atoms with van der Waals surface area (Å²) >= 11 is 12.2. The molecule has 8 heteroatoms. The van der Waals surface area contributed by atoms with Crippen molar-refractivity contribution in [1.82, 2.24) is 9.78 Å². The first-order chi connectivity index (χ1) is 12.4. The Morgan fingerprint density at radius 1 is 1.27 bits per heavy atom. The van der Waals surface area contributed by atoms with Crippen LogP contribution in [0.1, 0.15) is 19.3 Å². The molecule has 1 saturated heterocycles. The van der Waals surface area contributed by atoms with Gasteiger partial charge in [0.25, 0.3) is 5.56 Å². The van der Waals surface area contributed by atoms with Crippen molar-refractivity contribution in [2.24, 2.45) is 11.3 Å². The van der Waals surface area contributed by atoms with E-state index in [1.165, 1.54) is 10.9 Å². The summed E-state index contributed by atoms with van der Waals surface area (Å²) in [5, 5.41) is 14.6. The van der Waals surface area contributed by atoms with Crippen LogP contribution >= 0.6 is 23.2 Å². The van der Waals surface area contributed by atoms with Crippen LogP contribution in [0.2, 0.25) is 10.0 Å². The maximum absolute atomic E-state index is 12.7. The van der Waals surface area contributed by atoms with Crippen molar-refractivity contribution in [3.63, 3.8) is 0 Å². The Kier molecular flexibility index (Phi) is 4.20. The van der Waals surface area contributed by atoms with Crippen molar-refractivity contribution in [2.75, 3.05) is 18.0 Å². The van der Waals surface area contributed by atoms with Crippen LogP contribution in [0.25, 0.3) is 5.69 Å². The Morgan fingerprint density at radius 3 is 2.65 bits per heavy atom. The molecule has 0 bridgehead atoms. The topological polar surface area (TPSA) is 75.4 Å². The highest BCUT2D eigenvalue weighted by atomic mass is 35.5. The molecule has 2 heterocycles. The molecule has 0 unspecified atom stereocenters. The quantitative estimate of drug-likeness (QED) is 0.865. The Hall–Kier alpha value is -2.05. The second kappa shape index (κ2) is 6.28. The number of rotatable bonds is 3. The van der Waals surface area contributed by atoms with Gasteiger partial charge < -0.3 is 10.0 Å². The lowest BCUT2D eigenvalue weighted by atomic mass is 9.81. The van der Waals surface area contributed by atoms with Crippen molar-refractivity contribution in [1.29, 1.82) is 0 Å². The molecule has 2 aromatic rings. The van der Waals surface area contributed by atoms with Gasteiger partial charge in [-0.15, -0.1) is 0 Å². The van der Waals surface area contributed by atoms with Gasteiger partial charge in [0.15, 0.2) is 0 Å². The molecule has 0 radical (unpaired) electrons. The summed E-state index contributed by atoms with van der Waals surface area (Å²) < 4.78 is 1.21. The summed E-state index contributed by atoms with van der Waals surface area (Å²) in [6, 6.07) is 6.72. The van der Waals surface area contributed by atoms with Crippen LogP contribution in [-0.4, -0.2) is 33.9 Å². The third-order valence-electron chi connectivity index (χ3n) is 5.61.